The van der Waals surface area contributed by atoms with Crippen LogP contribution in [0.2, 0.25) is 0 Å². The van der Waals surface area contributed by atoms with Crippen LogP contribution in [0.4, 0.5) is 5.13 Å². The second kappa shape index (κ2) is 5.33. The number of nitrogens with two attached hydrogens (primary N) is 1. The summed E-state index contributed by atoms with van der Waals surface area (Å²) in [5, 5.41) is 1.12. The third-order valence-corrected chi connectivity index (χ3v) is 4.28. The number of thiazole rings is 1. The average molecular weight is 254 g/mol. The monoisotopic (exact) mass is 254 g/mol. The molecule has 0 saturated heterocycles. The summed E-state index contributed by atoms with van der Waals surface area (Å²) < 4.78 is 0. The van der Waals surface area contributed by atoms with Crippen LogP contribution in [-0.2, 0) is 6.54 Å². The Balaban J connectivity index is 2.04. The molecule has 1 heterocycles. The molecule has 0 atom stereocenters. The van der Waals surface area contributed by atoms with Gasteiger partial charge in [0.05, 0.1) is 5.69 Å². The highest BCUT2D eigenvalue weighted by atomic mass is 32.1. The minimum atomic E-state index is 0.630. The summed E-state index contributed by atoms with van der Waals surface area (Å²) in [5.74, 6) is 0.695. The first-order chi connectivity index (χ1) is 8.11. The van der Waals surface area contributed by atoms with Crippen LogP contribution in [0.25, 0.3) is 0 Å². The molecule has 4 nitrogen and oxygen atoms in total. The van der Waals surface area contributed by atoms with Crippen molar-refractivity contribution in [1.29, 1.82) is 0 Å². The van der Waals surface area contributed by atoms with Gasteiger partial charge in [0.15, 0.2) is 5.13 Å². The van der Waals surface area contributed by atoms with Crippen molar-refractivity contribution in [3.8, 4) is 0 Å². The fourth-order valence-corrected chi connectivity index (χ4v) is 2.79. The molecule has 0 unspecified atom stereocenters. The van der Waals surface area contributed by atoms with Crippen molar-refractivity contribution in [2.75, 3.05) is 39.1 Å². The van der Waals surface area contributed by atoms with Gasteiger partial charge in [-0.15, -0.1) is 11.3 Å². The number of hydrogen-bond acceptors (Lipinski definition) is 5. The van der Waals surface area contributed by atoms with E-state index in [1.165, 1.54) is 23.4 Å². The fourth-order valence-electron chi connectivity index (χ4n) is 1.78. The molecular weight excluding hydrogens is 232 g/mol. The maximum absolute atomic E-state index is 5.80. The Morgan fingerprint density at radius 1 is 1.29 bits per heavy atom. The summed E-state index contributed by atoms with van der Waals surface area (Å²) in [6.45, 7) is 2.69. The molecule has 1 aromatic rings. The molecule has 1 saturated carbocycles. The van der Waals surface area contributed by atoms with E-state index < -0.39 is 0 Å². The van der Waals surface area contributed by atoms with Crippen molar-refractivity contribution in [3.05, 3.63) is 10.6 Å². The highest BCUT2D eigenvalue weighted by Gasteiger charge is 2.29. The van der Waals surface area contributed by atoms with Crippen molar-refractivity contribution in [2.45, 2.75) is 25.3 Å². The molecule has 0 spiro atoms. The van der Waals surface area contributed by atoms with Crippen LogP contribution in [0.3, 0.4) is 0 Å². The Bertz CT molecular complexity index is 371. The lowest BCUT2D eigenvalue weighted by molar-refractivity contribution is 0.416. The molecule has 0 radical (unpaired) electrons. The van der Waals surface area contributed by atoms with Crippen LogP contribution in [0, 0.1) is 0 Å². The standard InChI is InChI=1S/C12H22N4S/c1-15(2)6-7-16(3)12-14-11(9-4-5-9)10(8-13)17-12/h9H,4-8,13H2,1-3H3. The number of hydrogen-bond donors (Lipinski definition) is 1. The van der Waals surface area contributed by atoms with Crippen LogP contribution in [0.1, 0.15) is 29.3 Å². The summed E-state index contributed by atoms with van der Waals surface area (Å²) in [7, 11) is 6.30. The molecule has 0 aromatic carbocycles. The lowest BCUT2D eigenvalue weighted by atomic mass is 10.2. The zero-order valence-corrected chi connectivity index (χ0v) is 11.8. The van der Waals surface area contributed by atoms with Crippen LogP contribution >= 0.6 is 11.3 Å². The highest BCUT2D eigenvalue weighted by molar-refractivity contribution is 7.15. The number of likely N-dealkylation sites (N-methyl/N-ethyl adjacent to an activating group) is 2. The number of anilines is 1. The van der Waals surface area contributed by atoms with E-state index in [0.29, 0.717) is 12.5 Å². The molecule has 2 N–H and O–H groups in total. The summed E-state index contributed by atoms with van der Waals surface area (Å²) in [6.07, 6.45) is 2.58. The lowest BCUT2D eigenvalue weighted by Gasteiger charge is -2.18. The zero-order chi connectivity index (χ0) is 12.4. The predicted molar refractivity (Wildman–Crippen MR) is 73.8 cm³/mol. The molecule has 0 aliphatic heterocycles. The Hall–Kier alpha value is -0.650. The van der Waals surface area contributed by atoms with Crippen LogP contribution in [0.15, 0.2) is 0 Å². The first kappa shape index (κ1) is 12.8. The van der Waals surface area contributed by atoms with E-state index >= 15 is 0 Å². The molecule has 1 aliphatic carbocycles. The van der Waals surface area contributed by atoms with Gasteiger partial charge in [0.2, 0.25) is 0 Å². The smallest absolute Gasteiger partial charge is 0.185 e. The van der Waals surface area contributed by atoms with Crippen LogP contribution in [0.5, 0.6) is 0 Å². The maximum atomic E-state index is 5.80. The van der Waals surface area contributed by atoms with E-state index in [-0.39, 0.29) is 0 Å². The van der Waals surface area contributed by atoms with Gasteiger partial charge in [0.25, 0.3) is 0 Å². The Labute approximate surface area is 107 Å². The van der Waals surface area contributed by atoms with Crippen molar-refractivity contribution in [2.24, 2.45) is 5.73 Å². The normalized spacial score (nSPS) is 15.6. The summed E-state index contributed by atoms with van der Waals surface area (Å²) in [6, 6.07) is 0. The minimum absolute atomic E-state index is 0.630. The third-order valence-electron chi connectivity index (χ3n) is 3.07. The highest BCUT2D eigenvalue weighted by Crippen LogP contribution is 2.43. The molecule has 1 aliphatic rings. The first-order valence-electron chi connectivity index (χ1n) is 6.17. The quantitative estimate of drug-likeness (QED) is 0.835. The molecule has 1 aromatic heterocycles. The SMILES string of the molecule is CN(C)CCN(C)c1nc(C2CC2)c(CN)s1. The van der Waals surface area contributed by atoms with Gasteiger partial charge in [-0.2, -0.15) is 0 Å². The van der Waals surface area contributed by atoms with Gasteiger partial charge in [-0.3, -0.25) is 0 Å². The van der Waals surface area contributed by atoms with E-state index in [2.05, 4.69) is 30.9 Å². The molecule has 96 valence electrons. The van der Waals surface area contributed by atoms with Gasteiger partial charge in [-0.1, -0.05) is 0 Å². The lowest BCUT2D eigenvalue weighted by Crippen LogP contribution is -2.28. The number of nitrogens with zero attached hydrogens (tertiary/aromatic N) is 3. The van der Waals surface area contributed by atoms with E-state index in [4.69, 9.17) is 10.7 Å². The third kappa shape index (κ3) is 3.18. The van der Waals surface area contributed by atoms with Gasteiger partial charge in [0, 0.05) is 37.5 Å². The van der Waals surface area contributed by atoms with Gasteiger partial charge < -0.3 is 15.5 Å². The maximum Gasteiger partial charge on any atom is 0.185 e. The first-order valence-corrected chi connectivity index (χ1v) is 6.99. The van der Waals surface area contributed by atoms with E-state index in [1.807, 2.05) is 0 Å². The Morgan fingerprint density at radius 3 is 2.53 bits per heavy atom. The Morgan fingerprint density at radius 2 is 2.00 bits per heavy atom. The molecule has 2 rings (SSSR count). The molecule has 17 heavy (non-hydrogen) atoms. The summed E-state index contributed by atoms with van der Waals surface area (Å²) in [4.78, 5) is 10.5. The van der Waals surface area contributed by atoms with Gasteiger partial charge >= 0.3 is 0 Å². The number of rotatable bonds is 6. The molecule has 1 fully saturated rings. The summed E-state index contributed by atoms with van der Waals surface area (Å²) in [5.41, 5.74) is 7.06. The average Bonchev–Trinajstić information content (AvgIpc) is 3.05. The van der Waals surface area contributed by atoms with Crippen molar-refractivity contribution in [1.82, 2.24) is 9.88 Å². The largest absolute Gasteiger partial charge is 0.350 e. The van der Waals surface area contributed by atoms with Gasteiger partial charge in [-0.25, -0.2) is 4.98 Å². The van der Waals surface area contributed by atoms with Crippen molar-refractivity contribution >= 4 is 16.5 Å². The van der Waals surface area contributed by atoms with Crippen molar-refractivity contribution < 1.29 is 0 Å². The van der Waals surface area contributed by atoms with E-state index in [0.717, 1.165) is 18.2 Å². The fraction of sp³-hybridized carbons (Fsp3) is 0.750. The second-order valence-corrected chi connectivity index (χ2v) is 6.07. The predicted octanol–water partition coefficient (Wildman–Crippen LogP) is 1.48. The topological polar surface area (TPSA) is 45.4 Å². The van der Waals surface area contributed by atoms with Crippen LogP contribution in [-0.4, -0.2) is 44.1 Å². The molecular formula is C12H22N4S. The van der Waals surface area contributed by atoms with Gasteiger partial charge in [-0.05, 0) is 26.9 Å². The van der Waals surface area contributed by atoms with E-state index in [9.17, 15) is 0 Å². The molecule has 5 heteroatoms. The number of aromatic nitrogens is 1. The Kier molecular flexibility index (Phi) is 4.01. The zero-order valence-electron chi connectivity index (χ0n) is 10.9. The van der Waals surface area contributed by atoms with Crippen LogP contribution < -0.4 is 10.6 Å². The molecule has 0 amide bonds. The van der Waals surface area contributed by atoms with Gasteiger partial charge in [0.1, 0.15) is 0 Å². The minimum Gasteiger partial charge on any atom is -0.350 e. The summed E-state index contributed by atoms with van der Waals surface area (Å²) >= 11 is 1.76. The van der Waals surface area contributed by atoms with Crippen molar-refractivity contribution in [3.63, 3.8) is 0 Å². The van der Waals surface area contributed by atoms with E-state index in [1.54, 1.807) is 11.3 Å². The second-order valence-electron chi connectivity index (χ2n) is 5.01. The molecule has 0 bridgehead atoms.